The third kappa shape index (κ3) is 4.60. The highest BCUT2D eigenvalue weighted by Crippen LogP contribution is 2.12. The zero-order chi connectivity index (χ0) is 15.9. The third-order valence-corrected chi connectivity index (χ3v) is 3.45. The van der Waals surface area contributed by atoms with Gasteiger partial charge in [0.2, 0.25) is 0 Å². The lowest BCUT2D eigenvalue weighted by Crippen LogP contribution is -2.27. The summed E-state index contributed by atoms with van der Waals surface area (Å²) >= 11 is 5.84. The van der Waals surface area contributed by atoms with Crippen LogP contribution in [0.25, 0.3) is 0 Å². The molecule has 2 rings (SSSR count). The van der Waals surface area contributed by atoms with E-state index in [0.29, 0.717) is 5.02 Å². The summed E-state index contributed by atoms with van der Waals surface area (Å²) in [5.41, 5.74) is 6.21. The first-order valence-corrected chi connectivity index (χ1v) is 7.32. The lowest BCUT2D eigenvalue weighted by Gasteiger charge is -2.08. The number of anilines is 1. The van der Waals surface area contributed by atoms with Crippen molar-refractivity contribution in [2.75, 3.05) is 11.9 Å². The van der Waals surface area contributed by atoms with Gasteiger partial charge in [0, 0.05) is 10.7 Å². The number of halogens is 1. The summed E-state index contributed by atoms with van der Waals surface area (Å²) in [6, 6.07) is 15.1. The van der Waals surface area contributed by atoms with E-state index in [9.17, 15) is 4.79 Å². The fourth-order valence-corrected chi connectivity index (χ4v) is 2.01. The number of amides is 1. The first-order valence-electron chi connectivity index (χ1n) is 6.95. The van der Waals surface area contributed by atoms with E-state index >= 15 is 0 Å². The number of carbonyl (C=O) groups is 1. The molecule has 0 aliphatic heterocycles. The van der Waals surface area contributed by atoms with E-state index in [1.807, 2.05) is 50.2 Å². The summed E-state index contributed by atoms with van der Waals surface area (Å²) in [5, 5.41) is 7.85. The van der Waals surface area contributed by atoms with Crippen molar-refractivity contribution >= 4 is 28.9 Å². The molecule has 0 saturated carbocycles. The van der Waals surface area contributed by atoms with Crippen LogP contribution in [-0.2, 0) is 4.79 Å². The largest absolute Gasteiger partial charge is 0.376 e. The van der Waals surface area contributed by atoms with Crippen LogP contribution >= 0.6 is 11.6 Å². The van der Waals surface area contributed by atoms with Crippen LogP contribution in [-0.4, -0.2) is 18.2 Å². The quantitative estimate of drug-likeness (QED) is 0.654. The molecule has 2 N–H and O–H groups in total. The minimum absolute atomic E-state index is 0.169. The lowest BCUT2D eigenvalue weighted by atomic mass is 10.1. The van der Waals surface area contributed by atoms with Gasteiger partial charge < -0.3 is 5.32 Å². The van der Waals surface area contributed by atoms with E-state index in [1.54, 1.807) is 12.1 Å². The Morgan fingerprint density at radius 3 is 2.50 bits per heavy atom. The average molecular weight is 316 g/mol. The van der Waals surface area contributed by atoms with Crippen LogP contribution in [0.4, 0.5) is 5.69 Å². The number of hydrogen-bond donors (Lipinski definition) is 2. The number of nitrogens with zero attached hydrogens (tertiary/aromatic N) is 1. The lowest BCUT2D eigenvalue weighted by molar-refractivity contribution is -0.119. The smallest absolute Gasteiger partial charge is 0.259 e. The summed E-state index contributed by atoms with van der Waals surface area (Å²) in [7, 11) is 0. The highest BCUT2D eigenvalue weighted by atomic mass is 35.5. The van der Waals surface area contributed by atoms with Gasteiger partial charge in [0.25, 0.3) is 5.91 Å². The predicted octanol–water partition coefficient (Wildman–Crippen LogP) is 3.60. The number of carbonyl (C=O) groups excluding carboxylic acids is 1. The number of rotatable bonds is 5. The van der Waals surface area contributed by atoms with E-state index in [1.165, 1.54) is 0 Å². The van der Waals surface area contributed by atoms with Gasteiger partial charge >= 0.3 is 0 Å². The summed E-state index contributed by atoms with van der Waals surface area (Å²) in [6.07, 6.45) is 0. The van der Waals surface area contributed by atoms with Crippen LogP contribution in [0, 0.1) is 6.92 Å². The molecule has 0 spiro atoms. The van der Waals surface area contributed by atoms with Gasteiger partial charge in [-0.1, -0.05) is 41.9 Å². The SMILES string of the molecule is C/C(=N/NC(=O)CNc1ccccc1C)c1ccc(Cl)cc1. The number of aryl methyl sites for hydroxylation is 1. The van der Waals surface area contributed by atoms with Crippen molar-refractivity contribution in [1.29, 1.82) is 0 Å². The van der Waals surface area contributed by atoms with Crippen molar-refractivity contribution in [2.24, 2.45) is 5.10 Å². The fraction of sp³-hybridized carbons (Fsp3) is 0.176. The first-order chi connectivity index (χ1) is 10.6. The van der Waals surface area contributed by atoms with Crippen LogP contribution in [0.1, 0.15) is 18.1 Å². The van der Waals surface area contributed by atoms with Crippen LogP contribution in [0.5, 0.6) is 0 Å². The van der Waals surface area contributed by atoms with E-state index in [4.69, 9.17) is 11.6 Å². The van der Waals surface area contributed by atoms with Crippen molar-refractivity contribution in [3.8, 4) is 0 Å². The maximum Gasteiger partial charge on any atom is 0.259 e. The Hall–Kier alpha value is -2.33. The molecule has 4 nitrogen and oxygen atoms in total. The summed E-state index contributed by atoms with van der Waals surface area (Å²) in [4.78, 5) is 11.8. The van der Waals surface area contributed by atoms with Gasteiger partial charge in [-0.3, -0.25) is 4.79 Å². The van der Waals surface area contributed by atoms with Gasteiger partial charge in [-0.15, -0.1) is 0 Å². The standard InChI is InChI=1S/C17H18ClN3O/c1-12-5-3-4-6-16(12)19-11-17(22)21-20-13(2)14-7-9-15(18)10-8-14/h3-10,19H,11H2,1-2H3,(H,21,22)/b20-13-. The molecule has 2 aromatic rings. The number of benzene rings is 2. The maximum atomic E-state index is 11.8. The molecule has 5 heteroatoms. The van der Waals surface area contributed by atoms with E-state index in [2.05, 4.69) is 15.8 Å². The van der Waals surface area contributed by atoms with Gasteiger partial charge in [-0.25, -0.2) is 5.43 Å². The minimum atomic E-state index is -0.198. The summed E-state index contributed by atoms with van der Waals surface area (Å²) in [6.45, 7) is 3.99. The molecule has 0 radical (unpaired) electrons. The molecule has 0 unspecified atom stereocenters. The number of hydrazone groups is 1. The second-order valence-corrected chi connectivity index (χ2v) is 5.34. The first kappa shape index (κ1) is 16.0. The molecule has 22 heavy (non-hydrogen) atoms. The molecule has 0 aliphatic rings. The Bertz CT molecular complexity index is 681. The highest BCUT2D eigenvalue weighted by Gasteiger charge is 2.03. The molecule has 2 aromatic carbocycles. The fourth-order valence-electron chi connectivity index (χ4n) is 1.89. The monoisotopic (exact) mass is 315 g/mol. The Labute approximate surface area is 135 Å². The number of nitrogens with one attached hydrogen (secondary N) is 2. The third-order valence-electron chi connectivity index (χ3n) is 3.19. The van der Waals surface area contributed by atoms with Crippen molar-refractivity contribution in [3.05, 3.63) is 64.7 Å². The van der Waals surface area contributed by atoms with Crippen molar-refractivity contribution in [2.45, 2.75) is 13.8 Å². The van der Waals surface area contributed by atoms with Crippen LogP contribution < -0.4 is 10.7 Å². The van der Waals surface area contributed by atoms with Gasteiger partial charge in [0.05, 0.1) is 12.3 Å². The van der Waals surface area contributed by atoms with Crippen LogP contribution in [0.3, 0.4) is 0 Å². The molecule has 0 fully saturated rings. The van der Waals surface area contributed by atoms with Crippen molar-refractivity contribution in [1.82, 2.24) is 5.43 Å². The molecule has 0 aromatic heterocycles. The van der Waals surface area contributed by atoms with Gasteiger partial charge in [-0.05, 0) is 43.2 Å². The van der Waals surface area contributed by atoms with E-state index < -0.39 is 0 Å². The average Bonchev–Trinajstić information content (AvgIpc) is 2.52. The van der Waals surface area contributed by atoms with E-state index in [0.717, 1.165) is 22.5 Å². The van der Waals surface area contributed by atoms with E-state index in [-0.39, 0.29) is 12.5 Å². The second kappa shape index (κ2) is 7.61. The van der Waals surface area contributed by atoms with Gasteiger partial charge in [0.15, 0.2) is 0 Å². The Morgan fingerprint density at radius 1 is 1.14 bits per heavy atom. The van der Waals surface area contributed by atoms with Gasteiger partial charge in [0.1, 0.15) is 0 Å². The Kier molecular flexibility index (Phi) is 5.55. The second-order valence-electron chi connectivity index (χ2n) is 4.91. The molecule has 0 heterocycles. The highest BCUT2D eigenvalue weighted by molar-refractivity contribution is 6.30. The van der Waals surface area contributed by atoms with Crippen LogP contribution in [0.15, 0.2) is 53.6 Å². The van der Waals surface area contributed by atoms with Crippen molar-refractivity contribution < 1.29 is 4.79 Å². The zero-order valence-corrected chi connectivity index (χ0v) is 13.3. The summed E-state index contributed by atoms with van der Waals surface area (Å²) < 4.78 is 0. The normalized spacial score (nSPS) is 11.1. The molecular formula is C17H18ClN3O. The number of hydrogen-bond acceptors (Lipinski definition) is 3. The summed E-state index contributed by atoms with van der Waals surface area (Å²) in [5.74, 6) is -0.198. The molecule has 114 valence electrons. The van der Waals surface area contributed by atoms with Crippen LogP contribution in [0.2, 0.25) is 5.02 Å². The molecular weight excluding hydrogens is 298 g/mol. The maximum absolute atomic E-state index is 11.8. The molecule has 0 saturated heterocycles. The van der Waals surface area contributed by atoms with Crippen molar-refractivity contribution in [3.63, 3.8) is 0 Å². The number of para-hydroxylation sites is 1. The zero-order valence-electron chi connectivity index (χ0n) is 12.6. The molecule has 0 bridgehead atoms. The Balaban J connectivity index is 1.88. The predicted molar refractivity (Wildman–Crippen MR) is 91.5 cm³/mol. The Morgan fingerprint density at radius 2 is 1.82 bits per heavy atom. The van der Waals surface area contributed by atoms with Gasteiger partial charge in [-0.2, -0.15) is 5.10 Å². The molecule has 0 atom stereocenters. The topological polar surface area (TPSA) is 53.5 Å². The molecule has 1 amide bonds. The minimum Gasteiger partial charge on any atom is -0.376 e. The molecule has 0 aliphatic carbocycles.